The maximum absolute atomic E-state index is 10.4. The summed E-state index contributed by atoms with van der Waals surface area (Å²) in [6.07, 6.45) is 0. The van der Waals surface area contributed by atoms with Crippen LogP contribution in [0, 0.1) is 0 Å². The Morgan fingerprint density at radius 1 is 0.317 bits per heavy atom. The van der Waals surface area contributed by atoms with Crippen LogP contribution in [0.2, 0.25) is 0 Å². The molecule has 0 bridgehead atoms. The summed E-state index contributed by atoms with van der Waals surface area (Å²) >= 11 is 1.56. The molecule has 0 spiro atoms. The number of nitrogens with zero attached hydrogens (tertiary/aromatic N) is 3. The smallest absolute Gasteiger partial charge is 0.0667 e. The van der Waals surface area contributed by atoms with Gasteiger partial charge in [0.1, 0.15) is 0 Å². The molecule has 0 amide bonds. The Bertz CT molecular complexity index is 4770. The summed E-state index contributed by atoms with van der Waals surface area (Å²) in [6, 6.07) is -11.4. The fourth-order valence-electron chi connectivity index (χ4n) is 7.03. The van der Waals surface area contributed by atoms with Crippen molar-refractivity contribution >= 4 is 104 Å². The molecular formula is C56H39N3S. The molecular weight excluding hydrogens is 747 g/mol. The Balaban J connectivity index is 1.32. The van der Waals surface area contributed by atoms with E-state index in [-0.39, 0.29) is 11.1 Å². The fraction of sp³-hybridized carbons (Fsp3) is 0. The van der Waals surface area contributed by atoms with E-state index in [0.29, 0.717) is 20.6 Å². The van der Waals surface area contributed by atoms with Crippen molar-refractivity contribution in [3.63, 3.8) is 0 Å². The van der Waals surface area contributed by atoms with E-state index in [2.05, 4.69) is 0 Å². The summed E-state index contributed by atoms with van der Waals surface area (Å²) in [7, 11) is 0. The molecule has 0 radical (unpaired) electrons. The summed E-state index contributed by atoms with van der Waals surface area (Å²) in [5, 5.41) is 3.94. The van der Waals surface area contributed by atoms with E-state index in [9.17, 15) is 16.4 Å². The molecule has 11 rings (SSSR count). The highest BCUT2D eigenvalue weighted by atomic mass is 32.1. The molecule has 0 fully saturated rings. The number of rotatable bonds is 9. The van der Waals surface area contributed by atoms with Crippen molar-refractivity contribution in [1.29, 1.82) is 0 Å². The first-order valence-electron chi connectivity index (χ1n) is 32.1. The highest BCUT2D eigenvalue weighted by Crippen LogP contribution is 2.46. The van der Waals surface area contributed by atoms with Crippen molar-refractivity contribution in [2.45, 2.75) is 0 Å². The molecule has 60 heavy (non-hydrogen) atoms. The zero-order chi connectivity index (χ0) is 64.2. The standard InChI is InChI=1S/C56H39N3S/c1-5-18-41(19-6-1)57(42-20-7-2-8-21-42)45-26-15-27-46(37-45)58(43-22-9-3-10-23-43)47-28-16-29-48(38-47)59(44-24-11-4-12-25-44)54-32-17-31-49-50(54)35-34-40-36-56-53(39-52(40)49)51-30-13-14-33-55(51)60-56/h1-39H/i1D,2D,3D,4D,5D,6D,7D,8D,9D,10D,11D,12D,15D,16D,18D,19D,20D,21D,22D,23D,24D,25D,26D,27D,28D,29D,37D,38D. The normalized spacial score (nSPS) is 17.9. The highest BCUT2D eigenvalue weighted by Gasteiger charge is 2.21. The van der Waals surface area contributed by atoms with Gasteiger partial charge in [0.25, 0.3) is 0 Å². The number of thiophene rings is 1. The lowest BCUT2D eigenvalue weighted by molar-refractivity contribution is 1.24. The molecule has 4 heteroatoms. The zero-order valence-electron chi connectivity index (χ0n) is 58.6. The third-order valence-corrected chi connectivity index (χ3v) is 10.7. The molecule has 0 aliphatic carbocycles. The predicted octanol–water partition coefficient (Wildman–Crippen LogP) is 16.8. The number of hydrogen-bond donors (Lipinski definition) is 0. The van der Waals surface area contributed by atoms with E-state index >= 15 is 0 Å². The van der Waals surface area contributed by atoms with E-state index in [4.69, 9.17) is 21.9 Å². The molecule has 10 aromatic carbocycles. The van der Waals surface area contributed by atoms with Gasteiger partial charge < -0.3 is 14.7 Å². The average Bonchev–Trinajstić information content (AvgIpc) is 0.883. The summed E-state index contributed by atoms with van der Waals surface area (Å²) in [5.41, 5.74) is -8.69. The maximum atomic E-state index is 10.4. The van der Waals surface area contributed by atoms with Crippen molar-refractivity contribution in [1.82, 2.24) is 0 Å². The average molecular weight is 814 g/mol. The molecule has 0 N–H and O–H groups in total. The van der Waals surface area contributed by atoms with Crippen LogP contribution < -0.4 is 14.7 Å². The van der Waals surface area contributed by atoms with Crippen LogP contribution in [0.5, 0.6) is 0 Å². The Morgan fingerprint density at radius 2 is 0.783 bits per heavy atom. The van der Waals surface area contributed by atoms with Crippen LogP contribution in [-0.2, 0) is 0 Å². The summed E-state index contributed by atoms with van der Waals surface area (Å²) in [4.78, 5) is 1.56. The molecule has 0 saturated carbocycles. The van der Waals surface area contributed by atoms with Crippen LogP contribution in [0.25, 0.3) is 41.7 Å². The lowest BCUT2D eigenvalue weighted by Gasteiger charge is -2.31. The Morgan fingerprint density at radius 3 is 1.35 bits per heavy atom. The van der Waals surface area contributed by atoms with Crippen molar-refractivity contribution in [3.8, 4) is 0 Å². The monoisotopic (exact) mass is 813 g/mol. The van der Waals surface area contributed by atoms with Crippen molar-refractivity contribution < 1.29 is 38.4 Å². The molecule has 0 atom stereocenters. The minimum absolute atomic E-state index is 0.114. The van der Waals surface area contributed by atoms with Gasteiger partial charge in [-0.25, -0.2) is 0 Å². The first-order valence-corrected chi connectivity index (χ1v) is 18.9. The number of fused-ring (bicyclic) bond motifs is 6. The molecule has 0 aliphatic heterocycles. The second-order valence-electron chi connectivity index (χ2n) is 12.9. The van der Waals surface area contributed by atoms with Gasteiger partial charge in [0, 0.05) is 71.1 Å². The Kier molecular flexibility index (Phi) is 4.30. The third-order valence-electron chi connectivity index (χ3n) is 9.53. The predicted molar refractivity (Wildman–Crippen MR) is 258 cm³/mol. The Hall–Kier alpha value is -7.66. The second kappa shape index (κ2) is 15.3. The molecule has 3 nitrogen and oxygen atoms in total. The largest absolute Gasteiger partial charge is 0.310 e. The van der Waals surface area contributed by atoms with Crippen LogP contribution in [0.4, 0.5) is 51.2 Å². The van der Waals surface area contributed by atoms with Crippen LogP contribution in [0.1, 0.15) is 38.4 Å². The molecule has 1 aromatic heterocycles. The molecule has 0 aliphatic rings. The molecule has 1 heterocycles. The topological polar surface area (TPSA) is 9.72 Å². The SMILES string of the molecule is [2H]c1c([2H])c([2H])c(N(c2c([2H])c([2H])c([2H])c([2H])c2[2H])c2c([2H])c([2H])c([2H])c(N(c3c([2H])c([2H])c([2H])c([2H])c3[2H])c3c([2H])c([2H])c([2H])c(N(c4c([2H])c([2H])c([2H])c([2H])c4[2H])c4cccc5c4ccc4cc6sc7ccccc7c6cc45)c3[2H])c2[2H])c([2H])c1[2H]. The second-order valence-corrected chi connectivity index (χ2v) is 14.0. The van der Waals surface area contributed by atoms with Gasteiger partial charge in [-0.1, -0.05) is 127 Å². The highest BCUT2D eigenvalue weighted by molar-refractivity contribution is 7.25. The van der Waals surface area contributed by atoms with E-state index in [0.717, 1.165) is 30.5 Å². The van der Waals surface area contributed by atoms with Crippen LogP contribution >= 0.6 is 11.3 Å². The van der Waals surface area contributed by atoms with Crippen molar-refractivity contribution in [2.24, 2.45) is 0 Å². The molecule has 11 aromatic rings. The van der Waals surface area contributed by atoms with Crippen LogP contribution in [0.15, 0.2) is 236 Å². The van der Waals surface area contributed by atoms with Gasteiger partial charge in [-0.3, -0.25) is 0 Å². The first-order chi connectivity index (χ1) is 41.4. The zero-order valence-corrected chi connectivity index (χ0v) is 31.4. The quantitative estimate of drug-likeness (QED) is 0.134. The lowest BCUT2D eigenvalue weighted by atomic mass is 9.98. The van der Waals surface area contributed by atoms with Gasteiger partial charge in [-0.05, 0) is 125 Å². The first kappa shape index (κ1) is 16.9. The fourth-order valence-corrected chi connectivity index (χ4v) is 8.17. The van der Waals surface area contributed by atoms with E-state index in [1.54, 1.807) is 29.5 Å². The van der Waals surface area contributed by atoms with Crippen molar-refractivity contribution in [2.75, 3.05) is 14.7 Å². The number of anilines is 9. The molecule has 0 unspecified atom stereocenters. The van der Waals surface area contributed by atoms with E-state index < -0.39 is 215 Å². The van der Waals surface area contributed by atoms with Gasteiger partial charge in [-0.15, -0.1) is 11.3 Å². The summed E-state index contributed by atoms with van der Waals surface area (Å²) in [6.45, 7) is 0. The van der Waals surface area contributed by atoms with Gasteiger partial charge >= 0.3 is 0 Å². The van der Waals surface area contributed by atoms with Gasteiger partial charge in [0.05, 0.1) is 44.1 Å². The minimum Gasteiger partial charge on any atom is -0.310 e. The molecule has 284 valence electrons. The summed E-state index contributed by atoms with van der Waals surface area (Å²) in [5.74, 6) is 0. The summed E-state index contributed by atoms with van der Waals surface area (Å²) < 4.78 is 258. The van der Waals surface area contributed by atoms with Crippen molar-refractivity contribution in [3.05, 3.63) is 236 Å². The lowest BCUT2D eigenvalue weighted by Crippen LogP contribution is -2.14. The maximum Gasteiger partial charge on any atom is 0.0667 e. The van der Waals surface area contributed by atoms with E-state index in [1.807, 2.05) is 36.4 Å². The number of benzene rings is 10. The minimum atomic E-state index is -1.39. The van der Waals surface area contributed by atoms with Crippen LogP contribution in [0.3, 0.4) is 0 Å². The molecule has 0 saturated heterocycles. The van der Waals surface area contributed by atoms with Crippen LogP contribution in [-0.4, -0.2) is 0 Å². The Labute approximate surface area is 393 Å². The number of para-hydroxylation sites is 4. The van der Waals surface area contributed by atoms with Gasteiger partial charge in [-0.2, -0.15) is 0 Å². The van der Waals surface area contributed by atoms with Gasteiger partial charge in [0.15, 0.2) is 0 Å². The van der Waals surface area contributed by atoms with E-state index in [1.165, 1.54) is 12.1 Å². The third kappa shape index (κ3) is 6.40. The van der Waals surface area contributed by atoms with Gasteiger partial charge in [0.2, 0.25) is 0 Å². The number of hydrogen-bond acceptors (Lipinski definition) is 4.